The zero-order valence-electron chi connectivity index (χ0n) is 31.7. The molecular formula is C42H70O7. The largest absolute Gasteiger partial charge is 0.444 e. The summed E-state index contributed by atoms with van der Waals surface area (Å²) in [5, 5.41) is 0. The van der Waals surface area contributed by atoms with Crippen LogP contribution in [0, 0.1) is 0 Å². The van der Waals surface area contributed by atoms with Gasteiger partial charge in [-0.25, -0.2) is 19.2 Å². The number of esters is 4. The average molecular weight is 687 g/mol. The van der Waals surface area contributed by atoms with Crippen LogP contribution in [-0.2, 0) is 33.4 Å². The molecule has 280 valence electrons. The summed E-state index contributed by atoms with van der Waals surface area (Å²) in [4.78, 5) is 52.0. The van der Waals surface area contributed by atoms with Crippen molar-refractivity contribution in [3.63, 3.8) is 0 Å². The van der Waals surface area contributed by atoms with Gasteiger partial charge in [0, 0.05) is 12.2 Å². The Morgan fingerprint density at radius 1 is 0.469 bits per heavy atom. The van der Waals surface area contributed by atoms with Crippen LogP contribution in [0.1, 0.15) is 182 Å². The van der Waals surface area contributed by atoms with Gasteiger partial charge in [0.2, 0.25) is 11.2 Å². The van der Waals surface area contributed by atoms with Crippen molar-refractivity contribution in [3.05, 3.63) is 49.6 Å². The zero-order valence-corrected chi connectivity index (χ0v) is 31.7. The van der Waals surface area contributed by atoms with Gasteiger partial charge < -0.3 is 14.2 Å². The van der Waals surface area contributed by atoms with Crippen LogP contribution in [-0.4, -0.2) is 35.1 Å². The molecule has 7 heteroatoms. The Balaban J connectivity index is 5.25. The van der Waals surface area contributed by atoms with Gasteiger partial charge in [0.1, 0.15) is 0 Å². The summed E-state index contributed by atoms with van der Waals surface area (Å²) in [7, 11) is 0. The molecule has 0 saturated heterocycles. The molecule has 0 saturated carbocycles. The van der Waals surface area contributed by atoms with Crippen LogP contribution in [0.25, 0.3) is 0 Å². The van der Waals surface area contributed by atoms with E-state index in [1.807, 2.05) is 0 Å². The maximum Gasteiger partial charge on any atom is 0.358 e. The molecule has 0 aliphatic rings. The number of hydrogen-bond donors (Lipinski definition) is 0. The SMILES string of the molecule is C=CC(=O)OC(CC)(CCCCCC/C=C\CCCCCC)C(=O)OC(=O)C(CC)(CCCCCC/C=C\CCCCCC)OC(=O)C=C. The third-order valence-electron chi connectivity index (χ3n) is 9.18. The molecule has 0 aliphatic carbocycles. The normalized spacial score (nSPS) is 13.9. The molecule has 0 radical (unpaired) electrons. The fourth-order valence-electron chi connectivity index (χ4n) is 5.82. The Hall–Kier alpha value is -2.96. The van der Waals surface area contributed by atoms with Crippen molar-refractivity contribution in [1.29, 1.82) is 0 Å². The Morgan fingerprint density at radius 2 is 0.776 bits per heavy atom. The van der Waals surface area contributed by atoms with Crippen molar-refractivity contribution >= 4 is 23.9 Å². The first-order chi connectivity index (χ1) is 23.7. The summed E-state index contributed by atoms with van der Waals surface area (Å²) >= 11 is 0. The van der Waals surface area contributed by atoms with E-state index in [4.69, 9.17) is 14.2 Å². The van der Waals surface area contributed by atoms with Crippen LogP contribution >= 0.6 is 0 Å². The Bertz CT molecular complexity index is 919. The Morgan fingerprint density at radius 3 is 1.06 bits per heavy atom. The molecule has 2 unspecified atom stereocenters. The molecule has 0 aliphatic heterocycles. The second-order valence-electron chi connectivity index (χ2n) is 13.2. The quantitative estimate of drug-likeness (QED) is 0.0173. The molecule has 0 aromatic carbocycles. The number of carbonyl (C=O) groups is 4. The predicted molar refractivity (Wildman–Crippen MR) is 201 cm³/mol. The third-order valence-corrected chi connectivity index (χ3v) is 9.18. The molecule has 0 N–H and O–H groups in total. The van der Waals surface area contributed by atoms with Crippen LogP contribution in [0.15, 0.2) is 49.6 Å². The first-order valence-corrected chi connectivity index (χ1v) is 19.5. The van der Waals surface area contributed by atoms with Crippen molar-refractivity contribution < 1.29 is 33.4 Å². The average Bonchev–Trinajstić information content (AvgIpc) is 3.11. The van der Waals surface area contributed by atoms with E-state index < -0.39 is 35.1 Å². The van der Waals surface area contributed by atoms with Crippen LogP contribution in [0.4, 0.5) is 0 Å². The number of rotatable bonds is 32. The van der Waals surface area contributed by atoms with Gasteiger partial charge in [-0.05, 0) is 89.9 Å². The van der Waals surface area contributed by atoms with E-state index in [0.29, 0.717) is 12.8 Å². The summed E-state index contributed by atoms with van der Waals surface area (Å²) in [6.07, 6.45) is 32.9. The van der Waals surface area contributed by atoms with E-state index in [1.54, 1.807) is 13.8 Å². The number of ether oxygens (including phenoxy) is 3. The lowest BCUT2D eigenvalue weighted by Gasteiger charge is -2.33. The molecule has 0 bridgehead atoms. The maximum absolute atomic E-state index is 13.7. The van der Waals surface area contributed by atoms with Crippen molar-refractivity contribution in [2.75, 3.05) is 0 Å². The molecule has 0 heterocycles. The molecule has 2 atom stereocenters. The highest BCUT2D eigenvalue weighted by Gasteiger charge is 2.48. The van der Waals surface area contributed by atoms with Gasteiger partial charge in [0.15, 0.2) is 0 Å². The molecule has 0 fully saturated rings. The zero-order chi connectivity index (χ0) is 36.6. The van der Waals surface area contributed by atoms with E-state index >= 15 is 0 Å². The summed E-state index contributed by atoms with van der Waals surface area (Å²) in [5.41, 5.74) is -3.30. The van der Waals surface area contributed by atoms with Gasteiger partial charge >= 0.3 is 23.9 Å². The molecule has 0 aromatic heterocycles. The molecule has 0 aromatic rings. The topological polar surface area (TPSA) is 96.0 Å². The van der Waals surface area contributed by atoms with Crippen LogP contribution in [0.5, 0.6) is 0 Å². The van der Waals surface area contributed by atoms with E-state index in [-0.39, 0.29) is 25.7 Å². The van der Waals surface area contributed by atoms with E-state index in [1.165, 1.54) is 51.4 Å². The second kappa shape index (κ2) is 29.9. The molecule has 0 amide bonds. The minimum Gasteiger partial charge on any atom is -0.444 e. The van der Waals surface area contributed by atoms with Crippen LogP contribution in [0.2, 0.25) is 0 Å². The minimum atomic E-state index is -1.65. The molecular weight excluding hydrogens is 616 g/mol. The van der Waals surface area contributed by atoms with Gasteiger partial charge in [-0.15, -0.1) is 0 Å². The van der Waals surface area contributed by atoms with Gasteiger partial charge in [0.05, 0.1) is 0 Å². The third kappa shape index (κ3) is 21.0. The van der Waals surface area contributed by atoms with Crippen LogP contribution < -0.4 is 0 Å². The lowest BCUT2D eigenvalue weighted by molar-refractivity contribution is -0.197. The molecule has 0 rings (SSSR count). The van der Waals surface area contributed by atoms with Gasteiger partial charge in [-0.2, -0.15) is 0 Å². The number of carbonyl (C=O) groups excluding carboxylic acids is 4. The van der Waals surface area contributed by atoms with Gasteiger partial charge in [-0.3, -0.25) is 0 Å². The van der Waals surface area contributed by atoms with E-state index in [0.717, 1.165) is 76.4 Å². The monoisotopic (exact) mass is 687 g/mol. The van der Waals surface area contributed by atoms with Crippen molar-refractivity contribution in [2.45, 2.75) is 193 Å². The smallest absolute Gasteiger partial charge is 0.358 e. The minimum absolute atomic E-state index is 0.123. The Kier molecular flexibility index (Phi) is 28.1. The predicted octanol–water partition coefficient (Wildman–Crippen LogP) is 11.5. The van der Waals surface area contributed by atoms with Crippen LogP contribution in [0.3, 0.4) is 0 Å². The summed E-state index contributed by atoms with van der Waals surface area (Å²) < 4.78 is 16.7. The second-order valence-corrected chi connectivity index (χ2v) is 13.2. The highest BCUT2D eigenvalue weighted by atomic mass is 16.6. The van der Waals surface area contributed by atoms with Gasteiger partial charge in [0.25, 0.3) is 0 Å². The molecule has 0 spiro atoms. The Labute approximate surface area is 299 Å². The van der Waals surface area contributed by atoms with Crippen molar-refractivity contribution in [2.24, 2.45) is 0 Å². The standard InChI is InChI=1S/C42H70O7/c1-7-13-15-17-19-21-23-25-27-29-31-33-35-41(11-5,48-37(43)9-3)39(45)47-40(46)42(12-6,49-38(44)10-4)36-34-32-30-28-26-24-22-20-18-16-14-8-2/h9-10,21-24H,3-4,7-8,11-20,25-36H2,1-2,5-6H3/b23-21-,24-22-. The number of unbranched alkanes of at least 4 members (excludes halogenated alkanes) is 16. The summed E-state index contributed by atoms with van der Waals surface area (Å²) in [6.45, 7) is 14.8. The lowest BCUT2D eigenvalue weighted by Crippen LogP contribution is -2.50. The van der Waals surface area contributed by atoms with Crippen molar-refractivity contribution in [3.8, 4) is 0 Å². The number of allylic oxidation sites excluding steroid dienone is 4. The van der Waals surface area contributed by atoms with E-state index in [9.17, 15) is 19.2 Å². The molecule has 7 nitrogen and oxygen atoms in total. The highest BCUT2D eigenvalue weighted by Crippen LogP contribution is 2.31. The fraction of sp³-hybridized carbons (Fsp3) is 0.714. The molecule has 49 heavy (non-hydrogen) atoms. The van der Waals surface area contributed by atoms with E-state index in [2.05, 4.69) is 51.3 Å². The summed E-state index contributed by atoms with van der Waals surface area (Å²) in [6, 6.07) is 0. The summed E-state index contributed by atoms with van der Waals surface area (Å²) in [5.74, 6) is -3.42. The lowest BCUT2D eigenvalue weighted by atomic mass is 9.91. The fourth-order valence-corrected chi connectivity index (χ4v) is 5.82. The highest BCUT2D eigenvalue weighted by molar-refractivity contribution is 5.97. The maximum atomic E-state index is 13.7. The van der Waals surface area contributed by atoms with Gasteiger partial charge in [-0.1, -0.05) is 129 Å². The first kappa shape index (κ1) is 46.0. The van der Waals surface area contributed by atoms with Crippen molar-refractivity contribution in [1.82, 2.24) is 0 Å². The number of hydrogen-bond acceptors (Lipinski definition) is 7. The first-order valence-electron chi connectivity index (χ1n) is 19.5.